The Kier molecular flexibility index (Phi) is 6.32. The molecule has 0 radical (unpaired) electrons. The summed E-state index contributed by atoms with van der Waals surface area (Å²) in [4.78, 5) is 5.58. The molecular formula is C21H28N2O3S. The van der Waals surface area contributed by atoms with E-state index in [1.54, 1.807) is 12.1 Å². The van der Waals surface area contributed by atoms with Crippen LogP contribution in [0, 0.1) is 0 Å². The van der Waals surface area contributed by atoms with Crippen LogP contribution in [-0.2, 0) is 21.3 Å². The molecule has 0 aromatic heterocycles. The number of benzene rings is 2. The zero-order valence-corrected chi connectivity index (χ0v) is 16.9. The van der Waals surface area contributed by atoms with Crippen molar-refractivity contribution >= 4 is 10.0 Å². The van der Waals surface area contributed by atoms with Crippen LogP contribution in [0.3, 0.4) is 0 Å². The number of nitrogens with one attached hydrogen (secondary N) is 1. The van der Waals surface area contributed by atoms with Gasteiger partial charge in [-0.25, -0.2) is 13.1 Å². The first-order chi connectivity index (χ1) is 12.9. The SMILES string of the molecule is CC(C)c1ccc(C2C(S(=O)(=O)NCCc3ccccc3)CON2C)cc1. The number of hydroxylamine groups is 2. The van der Waals surface area contributed by atoms with Gasteiger partial charge in [0.05, 0.1) is 12.6 Å². The molecule has 1 heterocycles. The third kappa shape index (κ3) is 4.76. The van der Waals surface area contributed by atoms with E-state index in [1.807, 2.05) is 42.5 Å². The summed E-state index contributed by atoms with van der Waals surface area (Å²) >= 11 is 0. The van der Waals surface area contributed by atoms with E-state index in [9.17, 15) is 8.42 Å². The third-order valence-corrected chi connectivity index (χ3v) is 6.89. The highest BCUT2D eigenvalue weighted by Crippen LogP contribution is 2.33. The van der Waals surface area contributed by atoms with E-state index in [1.165, 1.54) is 5.56 Å². The van der Waals surface area contributed by atoms with E-state index >= 15 is 0 Å². The van der Waals surface area contributed by atoms with Crippen molar-refractivity contribution in [2.24, 2.45) is 0 Å². The van der Waals surface area contributed by atoms with Gasteiger partial charge in [0, 0.05) is 13.6 Å². The molecule has 2 unspecified atom stereocenters. The molecule has 5 nitrogen and oxygen atoms in total. The van der Waals surface area contributed by atoms with Gasteiger partial charge < -0.3 is 0 Å². The van der Waals surface area contributed by atoms with Gasteiger partial charge in [0.2, 0.25) is 10.0 Å². The fourth-order valence-electron chi connectivity index (χ4n) is 3.45. The molecule has 2 atom stereocenters. The van der Waals surface area contributed by atoms with E-state index in [2.05, 4.69) is 30.7 Å². The van der Waals surface area contributed by atoms with E-state index in [0.717, 1.165) is 11.1 Å². The van der Waals surface area contributed by atoms with Gasteiger partial charge in [-0.05, 0) is 29.0 Å². The van der Waals surface area contributed by atoms with Crippen molar-refractivity contribution < 1.29 is 13.3 Å². The Labute approximate surface area is 162 Å². The molecule has 1 fully saturated rings. The van der Waals surface area contributed by atoms with Crippen LogP contribution in [0.1, 0.15) is 42.5 Å². The lowest BCUT2D eigenvalue weighted by Gasteiger charge is -2.23. The Morgan fingerprint density at radius 2 is 1.78 bits per heavy atom. The molecule has 0 bridgehead atoms. The molecule has 0 aliphatic carbocycles. The first kappa shape index (κ1) is 20.0. The first-order valence-corrected chi connectivity index (χ1v) is 10.9. The molecule has 6 heteroatoms. The van der Waals surface area contributed by atoms with E-state index in [-0.39, 0.29) is 12.6 Å². The van der Waals surface area contributed by atoms with Crippen LogP contribution >= 0.6 is 0 Å². The first-order valence-electron chi connectivity index (χ1n) is 9.36. The number of hydrogen-bond donors (Lipinski definition) is 1. The quantitative estimate of drug-likeness (QED) is 0.791. The van der Waals surface area contributed by atoms with Crippen LogP contribution in [0.25, 0.3) is 0 Å². The highest BCUT2D eigenvalue weighted by atomic mass is 32.2. The minimum Gasteiger partial charge on any atom is -0.297 e. The fourth-order valence-corrected chi connectivity index (χ4v) is 4.96. The second kappa shape index (κ2) is 8.52. The minimum atomic E-state index is -3.50. The summed E-state index contributed by atoms with van der Waals surface area (Å²) in [5.74, 6) is 0.441. The van der Waals surface area contributed by atoms with Crippen molar-refractivity contribution in [3.63, 3.8) is 0 Å². The summed E-state index contributed by atoms with van der Waals surface area (Å²) < 4.78 is 28.6. The number of rotatable bonds is 7. The van der Waals surface area contributed by atoms with Crippen LogP contribution in [0.15, 0.2) is 54.6 Å². The molecule has 146 valence electrons. The predicted molar refractivity (Wildman–Crippen MR) is 108 cm³/mol. The molecule has 1 aliphatic rings. The Morgan fingerprint density at radius 3 is 2.41 bits per heavy atom. The van der Waals surface area contributed by atoms with Gasteiger partial charge in [0.15, 0.2) is 0 Å². The van der Waals surface area contributed by atoms with E-state index in [4.69, 9.17) is 4.84 Å². The molecule has 0 spiro atoms. The van der Waals surface area contributed by atoms with Crippen LogP contribution in [0.2, 0.25) is 0 Å². The highest BCUT2D eigenvalue weighted by Gasteiger charge is 2.42. The molecular weight excluding hydrogens is 360 g/mol. The molecule has 0 amide bonds. The van der Waals surface area contributed by atoms with Crippen LogP contribution in [-0.4, -0.2) is 38.9 Å². The van der Waals surface area contributed by atoms with Crippen LogP contribution < -0.4 is 4.72 Å². The van der Waals surface area contributed by atoms with Gasteiger partial charge >= 0.3 is 0 Å². The van der Waals surface area contributed by atoms with Gasteiger partial charge in [-0.1, -0.05) is 68.4 Å². The number of hydrogen-bond acceptors (Lipinski definition) is 4. The summed E-state index contributed by atoms with van der Waals surface area (Å²) in [5, 5.41) is 1.02. The summed E-state index contributed by atoms with van der Waals surface area (Å²) in [6, 6.07) is 17.7. The lowest BCUT2D eigenvalue weighted by molar-refractivity contribution is -0.110. The van der Waals surface area contributed by atoms with Crippen molar-refractivity contribution in [2.45, 2.75) is 37.5 Å². The average Bonchev–Trinajstić information content (AvgIpc) is 3.05. The smallest absolute Gasteiger partial charge is 0.218 e. The highest BCUT2D eigenvalue weighted by molar-refractivity contribution is 7.90. The molecule has 1 aliphatic heterocycles. The molecule has 1 N–H and O–H groups in total. The second-order valence-electron chi connectivity index (χ2n) is 7.32. The second-order valence-corrected chi connectivity index (χ2v) is 9.31. The van der Waals surface area contributed by atoms with Crippen molar-refractivity contribution in [3.05, 3.63) is 71.3 Å². The topological polar surface area (TPSA) is 58.6 Å². The summed E-state index contributed by atoms with van der Waals surface area (Å²) in [7, 11) is -1.71. The normalized spacial score (nSPS) is 21.0. The Morgan fingerprint density at radius 1 is 1.11 bits per heavy atom. The van der Waals surface area contributed by atoms with Crippen molar-refractivity contribution in [1.29, 1.82) is 0 Å². The fraction of sp³-hybridized carbons (Fsp3) is 0.429. The van der Waals surface area contributed by atoms with Crippen molar-refractivity contribution in [1.82, 2.24) is 9.79 Å². The maximum Gasteiger partial charge on any atom is 0.218 e. The Hall–Kier alpha value is -1.73. The maximum absolute atomic E-state index is 12.9. The molecule has 1 saturated heterocycles. The van der Waals surface area contributed by atoms with Gasteiger partial charge in [0.25, 0.3) is 0 Å². The van der Waals surface area contributed by atoms with E-state index in [0.29, 0.717) is 18.9 Å². The van der Waals surface area contributed by atoms with Crippen molar-refractivity contribution in [3.8, 4) is 0 Å². The number of nitrogens with zero attached hydrogens (tertiary/aromatic N) is 1. The molecule has 2 aromatic carbocycles. The van der Waals surface area contributed by atoms with Gasteiger partial charge in [-0.15, -0.1) is 0 Å². The maximum atomic E-state index is 12.9. The van der Waals surface area contributed by atoms with Gasteiger partial charge in [0.1, 0.15) is 5.25 Å². The summed E-state index contributed by atoms with van der Waals surface area (Å²) in [6.07, 6.45) is 0.664. The summed E-state index contributed by atoms with van der Waals surface area (Å²) in [5.41, 5.74) is 3.30. The van der Waals surface area contributed by atoms with Gasteiger partial charge in [-0.2, -0.15) is 5.06 Å². The van der Waals surface area contributed by atoms with E-state index < -0.39 is 15.3 Å². The van der Waals surface area contributed by atoms with Crippen molar-refractivity contribution in [2.75, 3.05) is 20.2 Å². The predicted octanol–water partition coefficient (Wildman–Crippen LogP) is 3.26. The lowest BCUT2D eigenvalue weighted by Crippen LogP contribution is -2.40. The number of sulfonamides is 1. The Balaban J connectivity index is 1.71. The van der Waals surface area contributed by atoms with Gasteiger partial charge in [-0.3, -0.25) is 4.84 Å². The van der Waals surface area contributed by atoms with Crippen LogP contribution in [0.5, 0.6) is 0 Å². The molecule has 27 heavy (non-hydrogen) atoms. The molecule has 0 saturated carbocycles. The average molecular weight is 389 g/mol. The van der Waals surface area contributed by atoms with Crippen LogP contribution in [0.4, 0.5) is 0 Å². The summed E-state index contributed by atoms with van der Waals surface area (Å²) in [6.45, 7) is 4.83. The Bertz CT molecular complexity index is 835. The molecule has 2 aromatic rings. The largest absolute Gasteiger partial charge is 0.297 e. The third-order valence-electron chi connectivity index (χ3n) is 5.09. The zero-order valence-electron chi connectivity index (χ0n) is 16.1. The molecule has 3 rings (SSSR count). The zero-order chi connectivity index (χ0) is 19.4. The minimum absolute atomic E-state index is 0.160. The monoisotopic (exact) mass is 388 g/mol. The lowest BCUT2D eigenvalue weighted by atomic mass is 9.98. The standard InChI is InChI=1S/C21H28N2O3S/c1-16(2)18-9-11-19(12-10-18)21-20(15-26-23(21)3)27(24,25)22-14-13-17-7-5-4-6-8-17/h4-12,16,20-22H,13-15H2,1-3H3.